The Morgan fingerprint density at radius 2 is 2.35 bits per heavy atom. The number of benzene rings is 1. The van der Waals surface area contributed by atoms with Crippen molar-refractivity contribution < 1.29 is 14.1 Å². The van der Waals surface area contributed by atoms with Crippen molar-refractivity contribution in [3.05, 3.63) is 47.9 Å². The maximum Gasteiger partial charge on any atom is 0.251 e. The predicted octanol–water partition coefficient (Wildman–Crippen LogP) is 1.61. The van der Waals surface area contributed by atoms with E-state index in [2.05, 4.69) is 15.0 Å². The highest BCUT2D eigenvalue weighted by molar-refractivity contribution is 5.94. The second-order valence-electron chi connectivity index (χ2n) is 3.39. The van der Waals surface area contributed by atoms with Crippen LogP contribution in [-0.4, -0.2) is 18.1 Å². The van der Waals surface area contributed by atoms with E-state index < -0.39 is 0 Å². The molecule has 0 aliphatic carbocycles. The molecule has 0 radical (unpaired) electrons. The van der Waals surface area contributed by atoms with E-state index in [9.17, 15) is 4.79 Å². The van der Waals surface area contributed by atoms with Crippen LogP contribution in [0.15, 0.2) is 41.1 Å². The molecule has 5 heteroatoms. The lowest BCUT2D eigenvalue weighted by atomic mass is 10.2. The van der Waals surface area contributed by atoms with Crippen molar-refractivity contribution >= 4 is 5.91 Å². The van der Waals surface area contributed by atoms with E-state index in [0.29, 0.717) is 23.6 Å². The molecule has 0 saturated heterocycles. The van der Waals surface area contributed by atoms with Gasteiger partial charge in [-0.3, -0.25) is 4.79 Å². The molecule has 0 fully saturated rings. The number of nitrogens with zero attached hydrogens (tertiary/aromatic N) is 1. The van der Waals surface area contributed by atoms with Crippen LogP contribution in [0, 0.1) is 0 Å². The minimum Gasteiger partial charge on any atom is -0.487 e. The highest BCUT2D eigenvalue weighted by Crippen LogP contribution is 2.14. The zero-order valence-electron chi connectivity index (χ0n) is 9.34. The van der Waals surface area contributed by atoms with Crippen molar-refractivity contribution in [2.45, 2.75) is 6.61 Å². The Balaban J connectivity index is 2.03. The molecule has 0 aliphatic heterocycles. The van der Waals surface area contributed by atoms with Gasteiger partial charge in [-0.25, -0.2) is 0 Å². The van der Waals surface area contributed by atoms with Crippen molar-refractivity contribution in [1.29, 1.82) is 0 Å². The first-order valence-corrected chi connectivity index (χ1v) is 5.14. The second-order valence-corrected chi connectivity index (χ2v) is 3.39. The van der Waals surface area contributed by atoms with E-state index in [1.54, 1.807) is 37.4 Å². The molecule has 0 bridgehead atoms. The summed E-state index contributed by atoms with van der Waals surface area (Å²) in [7, 11) is 1.59. The Morgan fingerprint density at radius 1 is 1.47 bits per heavy atom. The molecule has 0 spiro atoms. The van der Waals surface area contributed by atoms with Crippen molar-refractivity contribution in [1.82, 2.24) is 10.5 Å². The molecule has 0 atom stereocenters. The average molecular weight is 232 g/mol. The van der Waals surface area contributed by atoms with Gasteiger partial charge in [0.25, 0.3) is 5.91 Å². The van der Waals surface area contributed by atoms with Crippen LogP contribution in [0.5, 0.6) is 5.75 Å². The molecule has 1 N–H and O–H groups in total. The number of ether oxygens (including phenoxy) is 1. The fourth-order valence-corrected chi connectivity index (χ4v) is 1.34. The molecule has 1 aromatic carbocycles. The lowest BCUT2D eigenvalue weighted by Gasteiger charge is -2.05. The van der Waals surface area contributed by atoms with Crippen LogP contribution in [0.25, 0.3) is 0 Å². The Bertz CT molecular complexity index is 494. The summed E-state index contributed by atoms with van der Waals surface area (Å²) in [5.74, 6) is 0.478. The number of amides is 1. The molecule has 2 aromatic rings. The van der Waals surface area contributed by atoms with Gasteiger partial charge < -0.3 is 14.6 Å². The third-order valence-corrected chi connectivity index (χ3v) is 2.20. The first-order valence-electron chi connectivity index (χ1n) is 5.14. The van der Waals surface area contributed by atoms with E-state index in [-0.39, 0.29) is 5.91 Å². The van der Waals surface area contributed by atoms with E-state index in [4.69, 9.17) is 4.74 Å². The average Bonchev–Trinajstić information content (AvgIpc) is 2.89. The van der Waals surface area contributed by atoms with E-state index >= 15 is 0 Å². The molecule has 2 rings (SSSR count). The fraction of sp³-hybridized carbons (Fsp3) is 0.167. The van der Waals surface area contributed by atoms with Crippen LogP contribution in [0.3, 0.4) is 0 Å². The lowest BCUT2D eigenvalue weighted by molar-refractivity contribution is 0.0962. The normalized spacial score (nSPS) is 9.94. The van der Waals surface area contributed by atoms with Gasteiger partial charge in [-0.05, 0) is 18.2 Å². The van der Waals surface area contributed by atoms with Crippen molar-refractivity contribution in [2.24, 2.45) is 0 Å². The summed E-state index contributed by atoms with van der Waals surface area (Å²) in [5, 5.41) is 6.28. The fourth-order valence-electron chi connectivity index (χ4n) is 1.34. The van der Waals surface area contributed by atoms with Gasteiger partial charge in [0.2, 0.25) is 0 Å². The predicted molar refractivity (Wildman–Crippen MR) is 60.7 cm³/mol. The highest BCUT2D eigenvalue weighted by atomic mass is 16.5. The van der Waals surface area contributed by atoms with Crippen molar-refractivity contribution in [2.75, 3.05) is 7.05 Å². The zero-order chi connectivity index (χ0) is 12.1. The molecule has 0 aliphatic rings. The summed E-state index contributed by atoms with van der Waals surface area (Å²) < 4.78 is 10.2. The molecule has 17 heavy (non-hydrogen) atoms. The van der Waals surface area contributed by atoms with Crippen molar-refractivity contribution in [3.63, 3.8) is 0 Å². The molecule has 0 saturated carbocycles. The van der Waals surface area contributed by atoms with Gasteiger partial charge in [0, 0.05) is 18.7 Å². The van der Waals surface area contributed by atoms with Gasteiger partial charge in [-0.2, -0.15) is 0 Å². The van der Waals surface area contributed by atoms with Crippen LogP contribution in [0.4, 0.5) is 0 Å². The van der Waals surface area contributed by atoms with Gasteiger partial charge in [-0.15, -0.1) is 0 Å². The number of nitrogens with one attached hydrogen (secondary N) is 1. The summed E-state index contributed by atoms with van der Waals surface area (Å²) in [6.45, 7) is 0.313. The molecule has 0 unspecified atom stereocenters. The number of carbonyl (C=O) groups excluding carboxylic acids is 1. The first kappa shape index (κ1) is 11.2. The molecule has 1 amide bonds. The molecule has 88 valence electrons. The zero-order valence-corrected chi connectivity index (χ0v) is 9.34. The third-order valence-electron chi connectivity index (χ3n) is 2.20. The highest BCUT2D eigenvalue weighted by Gasteiger charge is 2.04. The third kappa shape index (κ3) is 2.84. The van der Waals surface area contributed by atoms with E-state index in [0.717, 1.165) is 0 Å². The second kappa shape index (κ2) is 5.16. The van der Waals surface area contributed by atoms with Crippen LogP contribution in [0.2, 0.25) is 0 Å². The van der Waals surface area contributed by atoms with Gasteiger partial charge in [0.15, 0.2) is 0 Å². The van der Waals surface area contributed by atoms with Crippen LogP contribution < -0.4 is 10.1 Å². The molecule has 5 nitrogen and oxygen atoms in total. The summed E-state index contributed by atoms with van der Waals surface area (Å²) in [4.78, 5) is 11.4. The van der Waals surface area contributed by atoms with E-state index in [1.807, 2.05) is 0 Å². The molecule has 1 heterocycles. The van der Waals surface area contributed by atoms with E-state index in [1.165, 1.54) is 6.26 Å². The van der Waals surface area contributed by atoms with Crippen LogP contribution in [0.1, 0.15) is 16.1 Å². The smallest absolute Gasteiger partial charge is 0.251 e. The maximum absolute atomic E-state index is 11.4. The number of hydrogen-bond acceptors (Lipinski definition) is 4. The molecular weight excluding hydrogens is 220 g/mol. The molecule has 1 aromatic heterocycles. The number of rotatable bonds is 4. The molecular formula is C12H12N2O3. The van der Waals surface area contributed by atoms with Gasteiger partial charge in [-0.1, -0.05) is 11.2 Å². The Hall–Kier alpha value is -2.30. The SMILES string of the molecule is CNC(=O)c1cccc(OCc2ccon2)c1. The minimum absolute atomic E-state index is 0.142. The van der Waals surface area contributed by atoms with Crippen LogP contribution in [-0.2, 0) is 6.61 Å². The largest absolute Gasteiger partial charge is 0.487 e. The number of aromatic nitrogens is 1. The first-order chi connectivity index (χ1) is 8.29. The standard InChI is InChI=1S/C12H12N2O3/c1-13-12(15)9-3-2-4-11(7-9)16-8-10-5-6-17-14-10/h2-7H,8H2,1H3,(H,13,15). The van der Waals surface area contributed by atoms with Crippen LogP contribution >= 0.6 is 0 Å². The maximum atomic E-state index is 11.4. The lowest BCUT2D eigenvalue weighted by Crippen LogP contribution is -2.17. The minimum atomic E-state index is -0.142. The summed E-state index contributed by atoms with van der Waals surface area (Å²) in [6.07, 6.45) is 1.49. The Morgan fingerprint density at radius 3 is 3.06 bits per heavy atom. The summed E-state index contributed by atoms with van der Waals surface area (Å²) in [6, 6.07) is 8.68. The van der Waals surface area contributed by atoms with Gasteiger partial charge >= 0.3 is 0 Å². The number of hydrogen-bond donors (Lipinski definition) is 1. The Kier molecular flexibility index (Phi) is 3.40. The van der Waals surface area contributed by atoms with Gasteiger partial charge in [0.05, 0.1) is 0 Å². The number of carbonyl (C=O) groups is 1. The van der Waals surface area contributed by atoms with Gasteiger partial charge in [0.1, 0.15) is 24.3 Å². The monoisotopic (exact) mass is 232 g/mol. The summed E-state index contributed by atoms with van der Waals surface area (Å²) >= 11 is 0. The van der Waals surface area contributed by atoms with Crippen molar-refractivity contribution in [3.8, 4) is 5.75 Å². The topological polar surface area (TPSA) is 64.4 Å². The summed E-state index contributed by atoms with van der Waals surface area (Å²) in [5.41, 5.74) is 1.26. The quantitative estimate of drug-likeness (QED) is 0.869. The Labute approximate surface area is 98.4 Å².